The molecule has 0 radical (unpaired) electrons. The van der Waals surface area contributed by atoms with Gasteiger partial charge in [0, 0.05) is 12.7 Å². The van der Waals surface area contributed by atoms with E-state index in [1.54, 1.807) is 25.2 Å². The first kappa shape index (κ1) is 14.7. The summed E-state index contributed by atoms with van der Waals surface area (Å²) >= 11 is 4.66. The number of anilines is 1. The summed E-state index contributed by atoms with van der Waals surface area (Å²) in [5.74, 6) is -0.383. The number of hydrogen-bond acceptors (Lipinski definition) is 3. The Balaban J connectivity index is 1.92. The van der Waals surface area contributed by atoms with Gasteiger partial charge in [0.25, 0.3) is 5.91 Å². The van der Waals surface area contributed by atoms with Crippen LogP contribution in [0.2, 0.25) is 0 Å². The van der Waals surface area contributed by atoms with Crippen LogP contribution in [0.25, 0.3) is 0 Å². The van der Waals surface area contributed by atoms with E-state index in [4.69, 9.17) is 0 Å². The summed E-state index contributed by atoms with van der Waals surface area (Å²) in [4.78, 5) is 25.9. The van der Waals surface area contributed by atoms with Crippen molar-refractivity contribution in [3.63, 3.8) is 0 Å². The van der Waals surface area contributed by atoms with Crippen molar-refractivity contribution >= 4 is 44.8 Å². The minimum Gasteiger partial charge on any atom is -0.332 e. The monoisotopic (exact) mass is 352 g/mol. The summed E-state index contributed by atoms with van der Waals surface area (Å²) < 4.78 is 0.892. The zero-order chi connectivity index (χ0) is 14.5. The highest BCUT2D eigenvalue weighted by molar-refractivity contribution is 9.11. The van der Waals surface area contributed by atoms with Crippen LogP contribution < -0.4 is 5.32 Å². The standard InChI is InChI=1S/C14H13BrN2O2S/c1-17(14(19)11-7-8-12(15)20-11)9-13(18)16-10-5-3-2-4-6-10/h2-8H,9H2,1H3,(H,16,18). The molecule has 0 atom stereocenters. The molecule has 1 aromatic carbocycles. The molecule has 0 aliphatic rings. The van der Waals surface area contributed by atoms with Gasteiger partial charge in [-0.05, 0) is 40.2 Å². The smallest absolute Gasteiger partial charge is 0.264 e. The number of hydrogen-bond donors (Lipinski definition) is 1. The number of amides is 2. The van der Waals surface area contributed by atoms with Crippen molar-refractivity contribution < 1.29 is 9.59 Å². The van der Waals surface area contributed by atoms with Crippen molar-refractivity contribution in [1.82, 2.24) is 4.90 Å². The number of likely N-dealkylation sites (N-methyl/N-ethyl adjacent to an activating group) is 1. The third-order valence-electron chi connectivity index (χ3n) is 2.57. The molecule has 0 aliphatic heterocycles. The Morgan fingerprint density at radius 3 is 2.50 bits per heavy atom. The van der Waals surface area contributed by atoms with E-state index >= 15 is 0 Å². The molecule has 0 unspecified atom stereocenters. The molecule has 0 aliphatic carbocycles. The molecule has 20 heavy (non-hydrogen) atoms. The number of thiophene rings is 1. The Kier molecular flexibility index (Phi) is 4.92. The topological polar surface area (TPSA) is 49.4 Å². The van der Waals surface area contributed by atoms with Gasteiger partial charge >= 0.3 is 0 Å². The second kappa shape index (κ2) is 6.67. The maximum absolute atomic E-state index is 12.1. The molecule has 2 amide bonds. The Labute approximate surface area is 129 Å². The zero-order valence-electron chi connectivity index (χ0n) is 10.8. The number of halogens is 1. The Bertz CT molecular complexity index is 613. The number of para-hydroxylation sites is 1. The predicted molar refractivity (Wildman–Crippen MR) is 84.1 cm³/mol. The molecule has 2 aromatic rings. The van der Waals surface area contributed by atoms with Gasteiger partial charge in [-0.15, -0.1) is 11.3 Å². The molecule has 4 nitrogen and oxygen atoms in total. The fourth-order valence-corrected chi connectivity index (χ4v) is 3.01. The first-order valence-corrected chi connectivity index (χ1v) is 7.53. The predicted octanol–water partition coefficient (Wildman–Crippen LogP) is 3.22. The fourth-order valence-electron chi connectivity index (χ4n) is 1.63. The molecule has 104 valence electrons. The minimum absolute atomic E-state index is 0.0171. The molecule has 1 heterocycles. The quantitative estimate of drug-likeness (QED) is 0.918. The highest BCUT2D eigenvalue weighted by atomic mass is 79.9. The lowest BCUT2D eigenvalue weighted by atomic mass is 10.3. The largest absolute Gasteiger partial charge is 0.332 e. The van der Waals surface area contributed by atoms with E-state index in [0.717, 1.165) is 9.47 Å². The maximum Gasteiger partial charge on any atom is 0.264 e. The number of rotatable bonds is 4. The molecular formula is C14H13BrN2O2S. The average Bonchev–Trinajstić information content (AvgIpc) is 2.85. The summed E-state index contributed by atoms with van der Waals surface area (Å²) in [5.41, 5.74) is 0.720. The third-order valence-corrected chi connectivity index (χ3v) is 4.18. The Morgan fingerprint density at radius 2 is 1.90 bits per heavy atom. The van der Waals surface area contributed by atoms with Crippen LogP contribution in [0.15, 0.2) is 46.3 Å². The highest BCUT2D eigenvalue weighted by Gasteiger charge is 2.16. The molecular weight excluding hydrogens is 340 g/mol. The number of nitrogens with zero attached hydrogens (tertiary/aromatic N) is 1. The normalized spacial score (nSPS) is 10.1. The zero-order valence-corrected chi connectivity index (χ0v) is 13.2. The number of carbonyl (C=O) groups is 2. The van der Waals surface area contributed by atoms with E-state index in [0.29, 0.717) is 4.88 Å². The molecule has 0 saturated heterocycles. The van der Waals surface area contributed by atoms with Gasteiger partial charge in [-0.25, -0.2) is 0 Å². The SMILES string of the molecule is CN(CC(=O)Nc1ccccc1)C(=O)c1ccc(Br)s1. The van der Waals surface area contributed by atoms with Crippen LogP contribution in [0.4, 0.5) is 5.69 Å². The molecule has 1 N–H and O–H groups in total. The summed E-state index contributed by atoms with van der Waals surface area (Å²) in [7, 11) is 1.61. The molecule has 6 heteroatoms. The van der Waals surface area contributed by atoms with E-state index in [1.165, 1.54) is 16.2 Å². The fraction of sp³-hybridized carbons (Fsp3) is 0.143. The van der Waals surface area contributed by atoms with Gasteiger partial charge in [0.05, 0.1) is 15.2 Å². The first-order chi connectivity index (χ1) is 9.56. The van der Waals surface area contributed by atoms with Gasteiger partial charge < -0.3 is 10.2 Å². The first-order valence-electron chi connectivity index (χ1n) is 5.92. The van der Waals surface area contributed by atoms with Crippen LogP contribution in [0.1, 0.15) is 9.67 Å². The number of carbonyl (C=O) groups excluding carboxylic acids is 2. The lowest BCUT2D eigenvalue weighted by molar-refractivity contribution is -0.116. The van der Waals surface area contributed by atoms with E-state index in [9.17, 15) is 9.59 Å². The van der Waals surface area contributed by atoms with Gasteiger partial charge in [0.1, 0.15) is 0 Å². The molecule has 0 saturated carbocycles. The lowest BCUT2D eigenvalue weighted by Gasteiger charge is -2.15. The van der Waals surface area contributed by atoms with Gasteiger partial charge in [-0.3, -0.25) is 9.59 Å². The average molecular weight is 353 g/mol. The lowest BCUT2D eigenvalue weighted by Crippen LogP contribution is -2.34. The van der Waals surface area contributed by atoms with Crippen LogP contribution in [0.3, 0.4) is 0 Å². The van der Waals surface area contributed by atoms with Crippen LogP contribution in [-0.4, -0.2) is 30.3 Å². The van der Waals surface area contributed by atoms with E-state index in [-0.39, 0.29) is 18.4 Å². The van der Waals surface area contributed by atoms with E-state index in [1.807, 2.05) is 24.3 Å². The van der Waals surface area contributed by atoms with Crippen LogP contribution in [0.5, 0.6) is 0 Å². The molecule has 0 bridgehead atoms. The van der Waals surface area contributed by atoms with Crippen molar-refractivity contribution in [2.75, 3.05) is 18.9 Å². The number of nitrogens with one attached hydrogen (secondary N) is 1. The summed E-state index contributed by atoms with van der Waals surface area (Å²) in [6.07, 6.45) is 0. The Hall–Kier alpha value is -1.66. The highest BCUT2D eigenvalue weighted by Crippen LogP contribution is 2.22. The van der Waals surface area contributed by atoms with Gasteiger partial charge in [-0.1, -0.05) is 18.2 Å². The van der Waals surface area contributed by atoms with Crippen molar-refractivity contribution in [2.24, 2.45) is 0 Å². The van der Waals surface area contributed by atoms with Crippen LogP contribution in [0, 0.1) is 0 Å². The van der Waals surface area contributed by atoms with E-state index in [2.05, 4.69) is 21.2 Å². The van der Waals surface area contributed by atoms with Crippen LogP contribution in [-0.2, 0) is 4.79 Å². The molecule has 1 aromatic heterocycles. The Morgan fingerprint density at radius 1 is 1.20 bits per heavy atom. The summed E-state index contributed by atoms with van der Waals surface area (Å²) in [6.45, 7) is 0.0171. The summed E-state index contributed by atoms with van der Waals surface area (Å²) in [5, 5.41) is 2.75. The maximum atomic E-state index is 12.1. The van der Waals surface area contributed by atoms with Gasteiger partial charge in [0.15, 0.2) is 0 Å². The summed E-state index contributed by atoms with van der Waals surface area (Å²) in [6, 6.07) is 12.7. The molecule has 2 rings (SSSR count). The second-order valence-corrected chi connectivity index (χ2v) is 6.64. The van der Waals surface area contributed by atoms with Crippen molar-refractivity contribution in [2.45, 2.75) is 0 Å². The van der Waals surface area contributed by atoms with Gasteiger partial charge in [0.2, 0.25) is 5.91 Å². The van der Waals surface area contributed by atoms with E-state index < -0.39 is 0 Å². The second-order valence-electron chi connectivity index (χ2n) is 4.18. The van der Waals surface area contributed by atoms with Crippen LogP contribution >= 0.6 is 27.3 Å². The van der Waals surface area contributed by atoms with Crippen molar-refractivity contribution in [1.29, 1.82) is 0 Å². The third kappa shape index (κ3) is 3.91. The molecule has 0 fully saturated rings. The van der Waals surface area contributed by atoms with Crippen molar-refractivity contribution in [3.05, 3.63) is 51.1 Å². The number of benzene rings is 1. The molecule has 0 spiro atoms. The van der Waals surface area contributed by atoms with Gasteiger partial charge in [-0.2, -0.15) is 0 Å². The van der Waals surface area contributed by atoms with Crippen molar-refractivity contribution in [3.8, 4) is 0 Å². The minimum atomic E-state index is -0.220.